The SMILES string of the molecule is CC(C)N(C(=O)C1CCN(C(=O)c2ccc(F)cc2F)CC1)c1ccc(Nc2ccccc2)cc1. The average molecular weight is 478 g/mol. The summed E-state index contributed by atoms with van der Waals surface area (Å²) in [6, 6.07) is 20.5. The summed E-state index contributed by atoms with van der Waals surface area (Å²) in [7, 11) is 0. The van der Waals surface area contributed by atoms with Crippen LogP contribution in [0.5, 0.6) is 0 Å². The van der Waals surface area contributed by atoms with Gasteiger partial charge >= 0.3 is 0 Å². The van der Waals surface area contributed by atoms with Gasteiger partial charge in [0.1, 0.15) is 11.6 Å². The molecule has 3 aromatic rings. The van der Waals surface area contributed by atoms with Gasteiger partial charge in [-0.25, -0.2) is 8.78 Å². The number of nitrogens with zero attached hydrogens (tertiary/aromatic N) is 2. The molecule has 1 fully saturated rings. The summed E-state index contributed by atoms with van der Waals surface area (Å²) in [5.74, 6) is -2.29. The van der Waals surface area contributed by atoms with E-state index >= 15 is 0 Å². The van der Waals surface area contributed by atoms with Gasteiger partial charge in [0.05, 0.1) is 5.56 Å². The number of carbonyl (C=O) groups excluding carboxylic acids is 2. The van der Waals surface area contributed by atoms with Crippen LogP contribution in [0.3, 0.4) is 0 Å². The molecule has 1 saturated heterocycles. The summed E-state index contributed by atoms with van der Waals surface area (Å²) in [5.41, 5.74) is 2.58. The summed E-state index contributed by atoms with van der Waals surface area (Å²) in [5, 5.41) is 3.34. The fourth-order valence-corrected chi connectivity index (χ4v) is 4.43. The quantitative estimate of drug-likeness (QED) is 0.474. The lowest BCUT2D eigenvalue weighted by Crippen LogP contribution is -2.46. The van der Waals surface area contributed by atoms with E-state index in [9.17, 15) is 18.4 Å². The molecule has 35 heavy (non-hydrogen) atoms. The first-order valence-electron chi connectivity index (χ1n) is 11.8. The van der Waals surface area contributed by atoms with Gasteiger partial charge in [0, 0.05) is 48.2 Å². The van der Waals surface area contributed by atoms with Crippen LogP contribution < -0.4 is 10.2 Å². The van der Waals surface area contributed by atoms with E-state index in [0.717, 1.165) is 23.1 Å². The molecule has 0 aromatic heterocycles. The monoisotopic (exact) mass is 477 g/mol. The van der Waals surface area contributed by atoms with Gasteiger partial charge in [0.2, 0.25) is 5.91 Å². The lowest BCUT2D eigenvalue weighted by Gasteiger charge is -2.36. The average Bonchev–Trinajstić information content (AvgIpc) is 2.85. The lowest BCUT2D eigenvalue weighted by molar-refractivity contribution is -0.124. The van der Waals surface area contributed by atoms with Crippen LogP contribution in [-0.4, -0.2) is 35.8 Å². The van der Waals surface area contributed by atoms with Gasteiger partial charge in [-0.05, 0) is 75.2 Å². The fourth-order valence-electron chi connectivity index (χ4n) is 4.43. The van der Waals surface area contributed by atoms with Crippen molar-refractivity contribution in [2.24, 2.45) is 5.92 Å². The Morgan fingerprint density at radius 3 is 2.14 bits per heavy atom. The molecule has 0 atom stereocenters. The van der Waals surface area contributed by atoms with Crippen molar-refractivity contribution >= 4 is 28.9 Å². The molecule has 1 N–H and O–H groups in total. The summed E-state index contributed by atoms with van der Waals surface area (Å²) in [4.78, 5) is 29.5. The van der Waals surface area contributed by atoms with Crippen molar-refractivity contribution in [1.82, 2.24) is 4.90 Å². The largest absolute Gasteiger partial charge is 0.356 e. The Hall–Kier alpha value is -3.74. The first kappa shape index (κ1) is 24.4. The van der Waals surface area contributed by atoms with Crippen molar-refractivity contribution in [3.8, 4) is 0 Å². The van der Waals surface area contributed by atoms with Crippen molar-refractivity contribution in [2.45, 2.75) is 32.7 Å². The highest BCUT2D eigenvalue weighted by molar-refractivity contribution is 5.97. The van der Waals surface area contributed by atoms with Gasteiger partial charge in [-0.2, -0.15) is 0 Å². The molecule has 0 aliphatic carbocycles. The van der Waals surface area contributed by atoms with Crippen LogP contribution in [0.1, 0.15) is 37.0 Å². The molecule has 0 radical (unpaired) electrons. The number of halogens is 2. The molecule has 0 saturated carbocycles. The minimum atomic E-state index is -0.871. The van der Waals surface area contributed by atoms with Gasteiger partial charge in [-0.15, -0.1) is 0 Å². The third-order valence-electron chi connectivity index (χ3n) is 6.25. The number of amides is 2. The topological polar surface area (TPSA) is 52.7 Å². The molecule has 1 aliphatic heterocycles. The van der Waals surface area contributed by atoms with Crippen LogP contribution in [0.25, 0.3) is 0 Å². The fraction of sp³-hybridized carbons (Fsp3) is 0.286. The molecule has 0 unspecified atom stereocenters. The summed E-state index contributed by atoms with van der Waals surface area (Å²) in [6.45, 7) is 4.64. The number of nitrogens with one attached hydrogen (secondary N) is 1. The molecule has 5 nitrogen and oxygen atoms in total. The van der Waals surface area contributed by atoms with E-state index in [1.165, 1.54) is 11.0 Å². The van der Waals surface area contributed by atoms with E-state index in [1.807, 2.05) is 68.4 Å². The van der Waals surface area contributed by atoms with Gasteiger partial charge in [0.15, 0.2) is 0 Å². The van der Waals surface area contributed by atoms with Crippen LogP contribution in [0, 0.1) is 17.6 Å². The molecule has 182 valence electrons. The molecule has 1 heterocycles. The van der Waals surface area contributed by atoms with Crippen LogP contribution in [0.15, 0.2) is 72.8 Å². The van der Waals surface area contributed by atoms with E-state index in [-0.39, 0.29) is 23.4 Å². The van der Waals surface area contributed by atoms with Crippen molar-refractivity contribution < 1.29 is 18.4 Å². The number of rotatable bonds is 6. The molecule has 0 bridgehead atoms. The zero-order chi connectivity index (χ0) is 24.9. The molecule has 7 heteroatoms. The zero-order valence-electron chi connectivity index (χ0n) is 19.9. The van der Waals surface area contributed by atoms with Gasteiger partial charge in [0.25, 0.3) is 5.91 Å². The summed E-state index contributed by atoms with van der Waals surface area (Å²) in [6.07, 6.45) is 0.981. The number of benzene rings is 3. The van der Waals surface area contributed by atoms with Gasteiger partial charge < -0.3 is 15.1 Å². The number of carbonyl (C=O) groups is 2. The number of anilines is 3. The number of hydrogen-bond acceptors (Lipinski definition) is 3. The number of piperidine rings is 1. The molecule has 2 amide bonds. The minimum absolute atomic E-state index is 0.0174. The molecule has 3 aromatic carbocycles. The maximum Gasteiger partial charge on any atom is 0.256 e. The third-order valence-corrected chi connectivity index (χ3v) is 6.25. The summed E-state index contributed by atoms with van der Waals surface area (Å²) >= 11 is 0. The van der Waals surface area contributed by atoms with Crippen LogP contribution in [0.4, 0.5) is 25.8 Å². The van der Waals surface area contributed by atoms with E-state index in [4.69, 9.17) is 0 Å². The molecule has 0 spiro atoms. The van der Waals surface area contributed by atoms with Crippen LogP contribution in [0.2, 0.25) is 0 Å². The van der Waals surface area contributed by atoms with E-state index < -0.39 is 17.5 Å². The second-order valence-electron chi connectivity index (χ2n) is 9.03. The van der Waals surface area contributed by atoms with Crippen molar-refractivity contribution in [3.05, 3.63) is 90.0 Å². The van der Waals surface area contributed by atoms with Crippen LogP contribution >= 0.6 is 0 Å². The Morgan fingerprint density at radius 2 is 1.54 bits per heavy atom. The van der Waals surface area contributed by atoms with Gasteiger partial charge in [-0.1, -0.05) is 18.2 Å². The normalized spacial score (nSPS) is 14.1. The Labute approximate surface area is 204 Å². The predicted octanol–water partition coefficient (Wildman–Crippen LogP) is 6.00. The number of likely N-dealkylation sites (tertiary alicyclic amines) is 1. The molecule has 4 rings (SSSR count). The third kappa shape index (κ3) is 5.67. The maximum atomic E-state index is 14.0. The van der Waals surface area contributed by atoms with Gasteiger partial charge in [-0.3, -0.25) is 9.59 Å². The maximum absolute atomic E-state index is 14.0. The first-order valence-corrected chi connectivity index (χ1v) is 11.8. The molecular formula is C28H29F2N3O2. The lowest BCUT2D eigenvalue weighted by atomic mass is 9.94. The Kier molecular flexibility index (Phi) is 7.44. The number of hydrogen-bond donors (Lipinski definition) is 1. The van der Waals surface area contributed by atoms with Crippen LogP contribution in [-0.2, 0) is 4.79 Å². The smallest absolute Gasteiger partial charge is 0.256 e. The standard InChI is InChI=1S/C28H29F2N3O2/c1-19(2)33(24-11-9-23(10-12-24)31-22-6-4-3-5-7-22)27(34)20-14-16-32(17-15-20)28(35)25-13-8-21(29)18-26(25)30/h3-13,18-20,31H,14-17H2,1-2H3. The van der Waals surface area contributed by atoms with Crippen molar-refractivity contribution in [3.63, 3.8) is 0 Å². The Balaban J connectivity index is 1.40. The first-order chi connectivity index (χ1) is 16.8. The van der Waals surface area contributed by atoms with Crippen molar-refractivity contribution in [2.75, 3.05) is 23.3 Å². The summed E-state index contributed by atoms with van der Waals surface area (Å²) < 4.78 is 27.2. The zero-order valence-corrected chi connectivity index (χ0v) is 19.9. The van der Waals surface area contributed by atoms with E-state index in [2.05, 4.69) is 5.32 Å². The second kappa shape index (κ2) is 10.7. The van der Waals surface area contributed by atoms with E-state index in [0.29, 0.717) is 32.0 Å². The predicted molar refractivity (Wildman–Crippen MR) is 134 cm³/mol. The second-order valence-corrected chi connectivity index (χ2v) is 9.03. The highest BCUT2D eigenvalue weighted by Gasteiger charge is 2.32. The van der Waals surface area contributed by atoms with Crippen molar-refractivity contribution in [1.29, 1.82) is 0 Å². The Morgan fingerprint density at radius 1 is 0.914 bits per heavy atom. The highest BCUT2D eigenvalue weighted by Crippen LogP contribution is 2.28. The molecular weight excluding hydrogens is 448 g/mol. The van der Waals surface area contributed by atoms with E-state index in [1.54, 1.807) is 4.90 Å². The Bertz CT molecular complexity index is 1170. The highest BCUT2D eigenvalue weighted by atomic mass is 19.1. The minimum Gasteiger partial charge on any atom is -0.356 e. The molecule has 1 aliphatic rings. The number of para-hydroxylation sites is 1.